The van der Waals surface area contributed by atoms with Crippen molar-refractivity contribution >= 4 is 17.5 Å². The number of amides is 2. The molecular weight excluding hydrogens is 342 g/mol. The Morgan fingerprint density at radius 2 is 1.52 bits per heavy atom. The first-order chi connectivity index (χ1) is 13.2. The second-order valence-electron chi connectivity index (χ2n) is 6.49. The summed E-state index contributed by atoms with van der Waals surface area (Å²) in [5, 5.41) is 2.89. The lowest BCUT2D eigenvalue weighted by molar-refractivity contribution is -0.135. The molecule has 1 N–H and O–H groups in total. The van der Waals surface area contributed by atoms with Crippen LogP contribution >= 0.6 is 0 Å². The lowest BCUT2D eigenvalue weighted by Gasteiger charge is -2.34. The number of nitrogens with zero attached hydrogens (tertiary/aromatic N) is 2. The van der Waals surface area contributed by atoms with Crippen LogP contribution in [0.2, 0.25) is 0 Å². The zero-order valence-electron chi connectivity index (χ0n) is 15.3. The molecule has 2 amide bonds. The van der Waals surface area contributed by atoms with Crippen molar-refractivity contribution in [3.05, 3.63) is 60.7 Å². The second kappa shape index (κ2) is 9.73. The number of ether oxygens (including phenoxy) is 1. The number of rotatable bonds is 7. The molecule has 1 saturated heterocycles. The van der Waals surface area contributed by atoms with Gasteiger partial charge in [0, 0.05) is 44.8 Å². The summed E-state index contributed by atoms with van der Waals surface area (Å²) in [6.07, 6.45) is 0.444. The minimum absolute atomic E-state index is 0.000300. The predicted octanol–water partition coefficient (Wildman–Crippen LogP) is 2.24. The first-order valence-corrected chi connectivity index (χ1v) is 9.23. The van der Waals surface area contributed by atoms with Gasteiger partial charge in [0.25, 0.3) is 5.91 Å². The zero-order chi connectivity index (χ0) is 18.9. The highest BCUT2D eigenvalue weighted by molar-refractivity contribution is 5.90. The summed E-state index contributed by atoms with van der Waals surface area (Å²) in [5.74, 6) is 0.713. The minimum Gasteiger partial charge on any atom is -0.484 e. The average Bonchev–Trinajstić information content (AvgIpc) is 2.72. The topological polar surface area (TPSA) is 61.9 Å². The first kappa shape index (κ1) is 18.9. The maximum atomic E-state index is 12.3. The van der Waals surface area contributed by atoms with Crippen LogP contribution in [-0.2, 0) is 9.59 Å². The third-order valence-electron chi connectivity index (χ3n) is 4.54. The van der Waals surface area contributed by atoms with E-state index in [1.165, 1.54) is 0 Å². The van der Waals surface area contributed by atoms with Gasteiger partial charge < -0.3 is 15.0 Å². The van der Waals surface area contributed by atoms with Crippen molar-refractivity contribution in [3.8, 4) is 5.75 Å². The van der Waals surface area contributed by atoms with Gasteiger partial charge in [0.15, 0.2) is 6.61 Å². The molecule has 0 atom stereocenters. The summed E-state index contributed by atoms with van der Waals surface area (Å²) in [6.45, 7) is 3.63. The summed E-state index contributed by atoms with van der Waals surface area (Å²) in [7, 11) is 0. The van der Waals surface area contributed by atoms with E-state index in [-0.39, 0.29) is 18.4 Å². The van der Waals surface area contributed by atoms with E-state index in [1.54, 1.807) is 0 Å². The van der Waals surface area contributed by atoms with Crippen molar-refractivity contribution in [2.24, 2.45) is 0 Å². The molecule has 3 rings (SSSR count). The Hall–Kier alpha value is -2.86. The molecule has 2 aromatic rings. The molecule has 0 spiro atoms. The third-order valence-corrected chi connectivity index (χ3v) is 4.54. The van der Waals surface area contributed by atoms with Crippen LogP contribution in [0.3, 0.4) is 0 Å². The van der Waals surface area contributed by atoms with Crippen LogP contribution in [0.15, 0.2) is 60.7 Å². The minimum atomic E-state index is 0.000300. The molecule has 0 aliphatic carbocycles. The Morgan fingerprint density at radius 3 is 2.19 bits per heavy atom. The van der Waals surface area contributed by atoms with Gasteiger partial charge in [-0.05, 0) is 24.3 Å². The van der Waals surface area contributed by atoms with Crippen LogP contribution in [0, 0.1) is 0 Å². The van der Waals surface area contributed by atoms with Crippen molar-refractivity contribution in [2.75, 3.05) is 44.6 Å². The smallest absolute Gasteiger partial charge is 0.260 e. The van der Waals surface area contributed by atoms with Gasteiger partial charge in [-0.3, -0.25) is 14.5 Å². The van der Waals surface area contributed by atoms with Crippen molar-refractivity contribution in [2.45, 2.75) is 6.42 Å². The van der Waals surface area contributed by atoms with Gasteiger partial charge in [0.1, 0.15) is 5.75 Å². The molecule has 1 aliphatic heterocycles. The average molecular weight is 367 g/mol. The Kier molecular flexibility index (Phi) is 6.82. The molecule has 2 aromatic carbocycles. The van der Waals surface area contributed by atoms with Gasteiger partial charge in [-0.25, -0.2) is 0 Å². The van der Waals surface area contributed by atoms with E-state index < -0.39 is 0 Å². The number of hydrogen-bond acceptors (Lipinski definition) is 4. The van der Waals surface area contributed by atoms with E-state index in [4.69, 9.17) is 4.74 Å². The van der Waals surface area contributed by atoms with Crippen LogP contribution in [0.4, 0.5) is 5.69 Å². The molecule has 0 radical (unpaired) electrons. The quantitative estimate of drug-likeness (QED) is 0.815. The summed E-state index contributed by atoms with van der Waals surface area (Å²) in [6, 6.07) is 18.8. The molecular formula is C21H25N3O3. The first-order valence-electron chi connectivity index (χ1n) is 9.23. The van der Waals surface area contributed by atoms with Gasteiger partial charge in [0.05, 0.1) is 0 Å². The number of carbonyl (C=O) groups excluding carboxylic acids is 2. The maximum Gasteiger partial charge on any atom is 0.260 e. The Balaban J connectivity index is 1.33. The normalized spacial score (nSPS) is 14.6. The number of anilines is 1. The summed E-state index contributed by atoms with van der Waals surface area (Å²) in [4.78, 5) is 28.3. The predicted molar refractivity (Wildman–Crippen MR) is 105 cm³/mol. The third kappa shape index (κ3) is 6.11. The van der Waals surface area contributed by atoms with Gasteiger partial charge in [-0.1, -0.05) is 36.4 Å². The summed E-state index contributed by atoms with van der Waals surface area (Å²) >= 11 is 0. The molecule has 27 heavy (non-hydrogen) atoms. The van der Waals surface area contributed by atoms with E-state index in [2.05, 4.69) is 10.2 Å². The van der Waals surface area contributed by atoms with Crippen LogP contribution < -0.4 is 10.1 Å². The van der Waals surface area contributed by atoms with Crippen molar-refractivity contribution in [1.82, 2.24) is 9.80 Å². The molecule has 6 nitrogen and oxygen atoms in total. The van der Waals surface area contributed by atoms with Crippen LogP contribution in [0.25, 0.3) is 0 Å². The van der Waals surface area contributed by atoms with E-state index in [9.17, 15) is 9.59 Å². The molecule has 6 heteroatoms. The molecule has 142 valence electrons. The van der Waals surface area contributed by atoms with E-state index in [1.807, 2.05) is 65.6 Å². The van der Waals surface area contributed by atoms with E-state index in [0.717, 1.165) is 18.8 Å². The molecule has 0 bridgehead atoms. The molecule has 1 aliphatic rings. The van der Waals surface area contributed by atoms with Crippen LogP contribution in [-0.4, -0.2) is 60.9 Å². The van der Waals surface area contributed by atoms with Crippen molar-refractivity contribution < 1.29 is 14.3 Å². The van der Waals surface area contributed by atoms with Gasteiger partial charge >= 0.3 is 0 Å². The fraction of sp³-hybridized carbons (Fsp3) is 0.333. The SMILES string of the molecule is O=C(CCN1CCN(C(=O)COc2ccccc2)CC1)Nc1ccccc1. The molecule has 0 saturated carbocycles. The van der Waals surface area contributed by atoms with E-state index >= 15 is 0 Å². The fourth-order valence-electron chi connectivity index (χ4n) is 2.98. The highest BCUT2D eigenvalue weighted by Crippen LogP contribution is 2.10. The van der Waals surface area contributed by atoms with Crippen LogP contribution in [0.5, 0.6) is 5.75 Å². The van der Waals surface area contributed by atoms with Crippen LogP contribution in [0.1, 0.15) is 6.42 Å². The monoisotopic (exact) mass is 367 g/mol. The largest absolute Gasteiger partial charge is 0.484 e. The number of nitrogens with one attached hydrogen (secondary N) is 1. The lowest BCUT2D eigenvalue weighted by Crippen LogP contribution is -2.50. The number of hydrogen-bond donors (Lipinski definition) is 1. The standard InChI is InChI=1S/C21H25N3O3/c25-20(22-18-7-3-1-4-8-18)11-12-23-13-15-24(16-14-23)21(26)17-27-19-9-5-2-6-10-19/h1-10H,11-17H2,(H,22,25). The van der Waals surface area contributed by atoms with Gasteiger partial charge in [0.2, 0.25) is 5.91 Å². The Morgan fingerprint density at radius 1 is 0.889 bits per heavy atom. The number of piperazine rings is 1. The number of benzene rings is 2. The number of carbonyl (C=O) groups is 2. The zero-order valence-corrected chi connectivity index (χ0v) is 15.3. The fourth-order valence-corrected chi connectivity index (χ4v) is 2.98. The molecule has 1 heterocycles. The molecule has 0 aromatic heterocycles. The summed E-state index contributed by atoms with van der Waals surface area (Å²) < 4.78 is 5.53. The Bertz CT molecular complexity index is 729. The van der Waals surface area contributed by atoms with Crippen molar-refractivity contribution in [1.29, 1.82) is 0 Å². The highest BCUT2D eigenvalue weighted by atomic mass is 16.5. The Labute approximate surface area is 159 Å². The van der Waals surface area contributed by atoms with Gasteiger partial charge in [-0.2, -0.15) is 0 Å². The molecule has 1 fully saturated rings. The lowest BCUT2D eigenvalue weighted by atomic mass is 10.2. The molecule has 0 unspecified atom stereocenters. The van der Waals surface area contributed by atoms with Crippen molar-refractivity contribution in [3.63, 3.8) is 0 Å². The van der Waals surface area contributed by atoms with E-state index in [0.29, 0.717) is 31.8 Å². The van der Waals surface area contributed by atoms with Gasteiger partial charge in [-0.15, -0.1) is 0 Å². The summed E-state index contributed by atoms with van der Waals surface area (Å²) in [5.41, 5.74) is 0.816. The second-order valence-corrected chi connectivity index (χ2v) is 6.49. The number of para-hydroxylation sites is 2. The maximum absolute atomic E-state index is 12.3. The highest BCUT2D eigenvalue weighted by Gasteiger charge is 2.21.